The number of hydrogen-bond donors (Lipinski definition) is 1. The molecule has 0 radical (unpaired) electrons. The van der Waals surface area contributed by atoms with Crippen molar-refractivity contribution in [2.24, 2.45) is 0 Å². The largest absolute Gasteiger partial charge is 0.341 e. The molecule has 6 rings (SSSR count). The van der Waals surface area contributed by atoms with E-state index in [2.05, 4.69) is 38.2 Å². The van der Waals surface area contributed by atoms with Gasteiger partial charge in [-0.15, -0.1) is 0 Å². The summed E-state index contributed by atoms with van der Waals surface area (Å²) in [7, 11) is 0. The van der Waals surface area contributed by atoms with Crippen LogP contribution in [0.2, 0.25) is 5.02 Å². The first kappa shape index (κ1) is 25.1. The average molecular weight is 538 g/mol. The fourth-order valence-electron chi connectivity index (χ4n) is 5.79. The number of carbonyl (C=O) groups is 2. The predicted molar refractivity (Wildman–Crippen MR) is 152 cm³/mol. The van der Waals surface area contributed by atoms with Crippen molar-refractivity contribution < 1.29 is 9.59 Å². The zero-order chi connectivity index (χ0) is 27.3. The van der Waals surface area contributed by atoms with Crippen molar-refractivity contribution in [3.05, 3.63) is 112 Å². The van der Waals surface area contributed by atoms with E-state index in [1.807, 2.05) is 50.2 Å². The number of hydrogen-bond acceptors (Lipinski definition) is 4. The minimum absolute atomic E-state index is 0.0602. The van der Waals surface area contributed by atoms with E-state index in [1.165, 1.54) is 0 Å². The Morgan fingerprint density at radius 1 is 1.03 bits per heavy atom. The molecular formula is C31H28ClN5O2. The first-order valence-electron chi connectivity index (χ1n) is 12.9. The molecule has 0 unspecified atom stereocenters. The number of aromatic nitrogens is 4. The van der Waals surface area contributed by atoms with Crippen LogP contribution in [0, 0.1) is 13.8 Å². The SMILES string of the molecule is CC(=O)c1c2n(c3ccc(C)cc13)C[C@@](NC(=O)c1ccc(-n3cnc(C)n3)cc1Cl)(c1ccccc1)CC2. The van der Waals surface area contributed by atoms with Gasteiger partial charge in [-0.2, -0.15) is 5.10 Å². The van der Waals surface area contributed by atoms with Crippen LogP contribution in [0.4, 0.5) is 0 Å². The molecular weight excluding hydrogens is 510 g/mol. The van der Waals surface area contributed by atoms with Gasteiger partial charge in [0.15, 0.2) is 5.78 Å². The third-order valence-corrected chi connectivity index (χ3v) is 7.96. The summed E-state index contributed by atoms with van der Waals surface area (Å²) in [6.07, 6.45) is 2.91. The summed E-state index contributed by atoms with van der Waals surface area (Å²) in [6.45, 7) is 5.98. The molecule has 3 heterocycles. The maximum absolute atomic E-state index is 13.8. The van der Waals surface area contributed by atoms with E-state index in [-0.39, 0.29) is 11.7 Å². The fourth-order valence-corrected chi connectivity index (χ4v) is 6.05. The molecule has 1 atom stereocenters. The molecule has 5 aromatic rings. The summed E-state index contributed by atoms with van der Waals surface area (Å²) >= 11 is 6.64. The smallest absolute Gasteiger partial charge is 0.253 e. The molecule has 1 aliphatic heterocycles. The van der Waals surface area contributed by atoms with Crippen LogP contribution in [0.1, 0.15) is 56.7 Å². The second-order valence-corrected chi connectivity index (χ2v) is 10.7. The molecule has 2 aromatic heterocycles. The molecule has 8 heteroatoms. The van der Waals surface area contributed by atoms with Crippen LogP contribution in [0.3, 0.4) is 0 Å². The fraction of sp³-hybridized carbons (Fsp3) is 0.226. The van der Waals surface area contributed by atoms with E-state index < -0.39 is 5.54 Å². The number of nitrogens with one attached hydrogen (secondary N) is 1. The normalized spacial score (nSPS) is 16.7. The van der Waals surface area contributed by atoms with Gasteiger partial charge in [-0.05, 0) is 69.5 Å². The van der Waals surface area contributed by atoms with Gasteiger partial charge in [0.05, 0.1) is 28.4 Å². The maximum atomic E-state index is 13.8. The highest BCUT2D eigenvalue weighted by Gasteiger charge is 2.40. The zero-order valence-corrected chi connectivity index (χ0v) is 22.8. The van der Waals surface area contributed by atoms with Crippen molar-refractivity contribution >= 4 is 34.2 Å². The average Bonchev–Trinajstić information content (AvgIpc) is 3.49. The third kappa shape index (κ3) is 4.33. The van der Waals surface area contributed by atoms with Crippen LogP contribution in [0.25, 0.3) is 16.6 Å². The van der Waals surface area contributed by atoms with E-state index >= 15 is 0 Å². The Labute approximate surface area is 231 Å². The van der Waals surface area contributed by atoms with Crippen LogP contribution in [-0.2, 0) is 18.5 Å². The third-order valence-electron chi connectivity index (χ3n) is 7.64. The van der Waals surface area contributed by atoms with Crippen molar-refractivity contribution in [3.8, 4) is 5.69 Å². The minimum atomic E-state index is -0.693. The number of Topliss-reactive ketones (excluding diaryl/α,β-unsaturated/α-hetero) is 1. The molecule has 196 valence electrons. The highest BCUT2D eigenvalue weighted by molar-refractivity contribution is 6.34. The van der Waals surface area contributed by atoms with E-state index in [9.17, 15) is 9.59 Å². The molecule has 0 bridgehead atoms. The Morgan fingerprint density at radius 2 is 1.82 bits per heavy atom. The van der Waals surface area contributed by atoms with Crippen molar-refractivity contribution in [2.45, 2.75) is 45.7 Å². The first-order valence-corrected chi connectivity index (χ1v) is 13.3. The number of halogens is 1. The Balaban J connectivity index is 1.41. The number of carbonyl (C=O) groups excluding carboxylic acids is 2. The number of aryl methyl sites for hydroxylation is 2. The standard InChI is InChI=1S/C31H28ClN5O2/c1-19-9-12-27-25(15-19)29(20(2)38)28-13-14-31(17-36(27)28,22-7-5-4-6-8-22)34-30(39)24-11-10-23(16-26(24)32)37-18-33-21(3)35-37/h4-12,15-16,18H,13-14,17H2,1-3H3,(H,34,39)/t31-/m1/s1. The summed E-state index contributed by atoms with van der Waals surface area (Å²) in [4.78, 5) is 30.7. The second kappa shape index (κ2) is 9.50. The van der Waals surface area contributed by atoms with Crippen molar-refractivity contribution in [1.82, 2.24) is 24.6 Å². The molecule has 0 saturated carbocycles. The topological polar surface area (TPSA) is 81.8 Å². The molecule has 1 amide bonds. The molecule has 7 nitrogen and oxygen atoms in total. The van der Waals surface area contributed by atoms with Gasteiger partial charge >= 0.3 is 0 Å². The van der Waals surface area contributed by atoms with Gasteiger partial charge in [0.1, 0.15) is 12.2 Å². The number of nitrogens with zero attached hydrogens (tertiary/aromatic N) is 4. The molecule has 0 aliphatic carbocycles. The Bertz CT molecular complexity index is 1750. The van der Waals surface area contributed by atoms with Crippen molar-refractivity contribution in [2.75, 3.05) is 0 Å². The van der Waals surface area contributed by atoms with Gasteiger partial charge < -0.3 is 9.88 Å². The van der Waals surface area contributed by atoms with E-state index in [0.29, 0.717) is 35.8 Å². The Hall–Kier alpha value is -4.23. The lowest BCUT2D eigenvalue weighted by Gasteiger charge is -2.40. The zero-order valence-electron chi connectivity index (χ0n) is 22.0. The van der Waals surface area contributed by atoms with Crippen LogP contribution in [0.15, 0.2) is 73.1 Å². The first-order chi connectivity index (χ1) is 18.8. The monoisotopic (exact) mass is 537 g/mol. The van der Waals surface area contributed by atoms with Crippen LogP contribution >= 0.6 is 11.6 Å². The van der Waals surface area contributed by atoms with Crippen LogP contribution < -0.4 is 5.32 Å². The highest BCUT2D eigenvalue weighted by Crippen LogP contribution is 2.40. The van der Waals surface area contributed by atoms with Gasteiger partial charge in [-0.1, -0.05) is 53.6 Å². The van der Waals surface area contributed by atoms with Crippen molar-refractivity contribution in [3.63, 3.8) is 0 Å². The lowest BCUT2D eigenvalue weighted by atomic mass is 9.81. The number of amides is 1. The number of rotatable bonds is 5. The lowest BCUT2D eigenvalue weighted by Crippen LogP contribution is -2.51. The Kier molecular flexibility index (Phi) is 6.11. The minimum Gasteiger partial charge on any atom is -0.341 e. The van der Waals surface area contributed by atoms with Crippen LogP contribution in [0.5, 0.6) is 0 Å². The lowest BCUT2D eigenvalue weighted by molar-refractivity contribution is 0.0865. The quantitative estimate of drug-likeness (QED) is 0.280. The van der Waals surface area contributed by atoms with Gasteiger partial charge in [0.25, 0.3) is 5.91 Å². The molecule has 1 N–H and O–H groups in total. The van der Waals surface area contributed by atoms with E-state index in [4.69, 9.17) is 11.6 Å². The van der Waals surface area contributed by atoms with Gasteiger partial charge in [0, 0.05) is 22.2 Å². The summed E-state index contributed by atoms with van der Waals surface area (Å²) in [5.41, 5.74) is 5.33. The van der Waals surface area contributed by atoms with Gasteiger partial charge in [0.2, 0.25) is 0 Å². The summed E-state index contributed by atoms with van der Waals surface area (Å²) in [5, 5.41) is 8.99. The van der Waals surface area contributed by atoms with Gasteiger partial charge in [-0.3, -0.25) is 9.59 Å². The van der Waals surface area contributed by atoms with E-state index in [1.54, 1.807) is 30.1 Å². The second-order valence-electron chi connectivity index (χ2n) is 10.3. The predicted octanol–water partition coefficient (Wildman–Crippen LogP) is 5.97. The maximum Gasteiger partial charge on any atom is 0.253 e. The van der Waals surface area contributed by atoms with E-state index in [0.717, 1.165) is 39.0 Å². The van der Waals surface area contributed by atoms with Crippen molar-refractivity contribution in [1.29, 1.82) is 0 Å². The summed E-state index contributed by atoms with van der Waals surface area (Å²) < 4.78 is 3.84. The molecule has 3 aromatic carbocycles. The molecule has 39 heavy (non-hydrogen) atoms. The highest BCUT2D eigenvalue weighted by atomic mass is 35.5. The number of fused-ring (bicyclic) bond motifs is 3. The Morgan fingerprint density at radius 3 is 2.51 bits per heavy atom. The van der Waals surface area contributed by atoms with Gasteiger partial charge in [-0.25, -0.2) is 9.67 Å². The number of ketones is 1. The molecule has 1 aliphatic rings. The summed E-state index contributed by atoms with van der Waals surface area (Å²) in [6, 6.07) is 21.5. The molecule has 0 fully saturated rings. The number of benzene rings is 3. The molecule has 0 saturated heterocycles. The molecule has 0 spiro atoms. The summed E-state index contributed by atoms with van der Waals surface area (Å²) in [5.74, 6) is 0.452. The van der Waals surface area contributed by atoms with Crippen LogP contribution in [-0.4, -0.2) is 31.0 Å².